The van der Waals surface area contributed by atoms with Crippen LogP contribution in [-0.4, -0.2) is 23.9 Å². The quantitative estimate of drug-likeness (QED) is 0.556. The molecule has 14 heavy (non-hydrogen) atoms. The largest absolute Gasteiger partial charge is 0.384 e. The van der Waals surface area contributed by atoms with Gasteiger partial charge in [0.2, 0.25) is 0 Å². The van der Waals surface area contributed by atoms with E-state index in [9.17, 15) is 0 Å². The Morgan fingerprint density at radius 2 is 2.14 bits per heavy atom. The summed E-state index contributed by atoms with van der Waals surface area (Å²) in [5.74, 6) is 0.962. The van der Waals surface area contributed by atoms with Gasteiger partial charge in [0.05, 0.1) is 0 Å². The molecule has 0 spiro atoms. The van der Waals surface area contributed by atoms with Crippen LogP contribution in [0.1, 0.15) is 19.4 Å². The number of nitrogens with zero attached hydrogens (tertiary/aromatic N) is 2. The number of rotatable bonds is 4. The van der Waals surface area contributed by atoms with Crippen LogP contribution in [0.15, 0.2) is 18.3 Å². The van der Waals surface area contributed by atoms with E-state index >= 15 is 0 Å². The maximum absolute atomic E-state index is 7.32. The van der Waals surface area contributed by atoms with Gasteiger partial charge in [-0.15, -0.1) is 0 Å². The maximum atomic E-state index is 7.32. The molecule has 0 fully saturated rings. The fourth-order valence-electron chi connectivity index (χ4n) is 1.31. The third-order valence-corrected chi connectivity index (χ3v) is 2.14. The Labute approximate surface area is 84.3 Å². The molecule has 1 aromatic heterocycles. The van der Waals surface area contributed by atoms with Gasteiger partial charge in [-0.1, -0.05) is 0 Å². The number of anilines is 1. The van der Waals surface area contributed by atoms with E-state index in [4.69, 9.17) is 11.1 Å². The molecule has 0 saturated heterocycles. The van der Waals surface area contributed by atoms with Gasteiger partial charge in [-0.05, 0) is 26.0 Å². The number of nitrogens with two attached hydrogens (primary N) is 1. The van der Waals surface area contributed by atoms with E-state index in [0.717, 1.165) is 24.5 Å². The fourth-order valence-corrected chi connectivity index (χ4v) is 1.31. The van der Waals surface area contributed by atoms with Crippen LogP contribution in [0.25, 0.3) is 0 Å². The van der Waals surface area contributed by atoms with Crippen molar-refractivity contribution in [3.05, 3.63) is 23.9 Å². The molecule has 3 N–H and O–H groups in total. The predicted molar refractivity (Wildman–Crippen MR) is 58.8 cm³/mol. The van der Waals surface area contributed by atoms with Gasteiger partial charge in [0.15, 0.2) is 0 Å². The molecule has 4 heteroatoms. The minimum Gasteiger partial charge on any atom is -0.384 e. The number of amidine groups is 1. The van der Waals surface area contributed by atoms with Crippen molar-refractivity contribution >= 4 is 11.7 Å². The molecular formula is C10H16N4. The van der Waals surface area contributed by atoms with E-state index in [2.05, 4.69) is 23.7 Å². The molecule has 0 aromatic carbocycles. The Morgan fingerprint density at radius 3 is 2.64 bits per heavy atom. The summed E-state index contributed by atoms with van der Waals surface area (Å²) in [7, 11) is 0. The summed E-state index contributed by atoms with van der Waals surface area (Å²) in [4.78, 5) is 6.36. The lowest BCUT2D eigenvalue weighted by atomic mass is 10.2. The lowest BCUT2D eigenvalue weighted by Gasteiger charge is -2.19. The van der Waals surface area contributed by atoms with E-state index in [1.165, 1.54) is 0 Å². The first-order chi connectivity index (χ1) is 6.69. The van der Waals surface area contributed by atoms with E-state index in [1.807, 2.05) is 6.07 Å². The van der Waals surface area contributed by atoms with Crippen LogP contribution in [0.4, 0.5) is 5.82 Å². The highest BCUT2D eigenvalue weighted by Crippen LogP contribution is 2.11. The molecular weight excluding hydrogens is 176 g/mol. The van der Waals surface area contributed by atoms with E-state index in [1.54, 1.807) is 12.3 Å². The number of hydrogen-bond acceptors (Lipinski definition) is 3. The summed E-state index contributed by atoms with van der Waals surface area (Å²) in [5, 5.41) is 7.32. The first kappa shape index (κ1) is 10.5. The normalized spacial score (nSPS) is 9.86. The van der Waals surface area contributed by atoms with Gasteiger partial charge in [-0.2, -0.15) is 0 Å². The van der Waals surface area contributed by atoms with Gasteiger partial charge in [0, 0.05) is 24.8 Å². The van der Waals surface area contributed by atoms with Crippen LogP contribution < -0.4 is 10.6 Å². The van der Waals surface area contributed by atoms with E-state index in [-0.39, 0.29) is 5.84 Å². The van der Waals surface area contributed by atoms with Crippen molar-refractivity contribution in [2.75, 3.05) is 18.0 Å². The van der Waals surface area contributed by atoms with Gasteiger partial charge in [0.25, 0.3) is 0 Å². The Morgan fingerprint density at radius 1 is 1.50 bits per heavy atom. The SMILES string of the molecule is CCN(CC)c1cc(C(=N)N)ccn1. The zero-order chi connectivity index (χ0) is 10.6. The molecule has 1 aromatic rings. The molecule has 0 unspecified atom stereocenters. The van der Waals surface area contributed by atoms with Crippen molar-refractivity contribution in [2.45, 2.75) is 13.8 Å². The second kappa shape index (κ2) is 4.60. The van der Waals surface area contributed by atoms with Crippen molar-refractivity contribution in [1.29, 1.82) is 5.41 Å². The molecule has 0 bridgehead atoms. The fraction of sp³-hybridized carbons (Fsp3) is 0.400. The zero-order valence-corrected chi connectivity index (χ0v) is 8.62. The molecule has 76 valence electrons. The van der Waals surface area contributed by atoms with Gasteiger partial charge < -0.3 is 10.6 Å². The number of nitrogen functional groups attached to an aromatic ring is 1. The third kappa shape index (κ3) is 2.22. The van der Waals surface area contributed by atoms with Crippen LogP contribution in [0.3, 0.4) is 0 Å². The summed E-state index contributed by atoms with van der Waals surface area (Å²) < 4.78 is 0. The van der Waals surface area contributed by atoms with Crippen LogP contribution in [-0.2, 0) is 0 Å². The highest BCUT2D eigenvalue weighted by atomic mass is 15.2. The van der Waals surface area contributed by atoms with E-state index in [0.29, 0.717) is 0 Å². The molecule has 0 amide bonds. The van der Waals surface area contributed by atoms with Crippen molar-refractivity contribution in [3.8, 4) is 0 Å². The Hall–Kier alpha value is -1.58. The lowest BCUT2D eigenvalue weighted by Crippen LogP contribution is -2.23. The monoisotopic (exact) mass is 192 g/mol. The van der Waals surface area contributed by atoms with Crippen LogP contribution in [0.5, 0.6) is 0 Å². The molecule has 0 saturated carbocycles. The molecule has 0 atom stereocenters. The summed E-state index contributed by atoms with van der Waals surface area (Å²) in [6.07, 6.45) is 1.68. The minimum absolute atomic E-state index is 0.0841. The predicted octanol–water partition coefficient (Wildman–Crippen LogP) is 1.21. The van der Waals surface area contributed by atoms with Gasteiger partial charge in [0.1, 0.15) is 11.7 Å². The number of pyridine rings is 1. The Balaban J connectivity index is 2.98. The molecule has 0 aliphatic rings. The molecule has 4 nitrogen and oxygen atoms in total. The van der Waals surface area contributed by atoms with Gasteiger partial charge in [-0.25, -0.2) is 4.98 Å². The topological polar surface area (TPSA) is 66.0 Å². The van der Waals surface area contributed by atoms with Crippen molar-refractivity contribution in [2.24, 2.45) is 5.73 Å². The van der Waals surface area contributed by atoms with E-state index < -0.39 is 0 Å². The average molecular weight is 192 g/mol. The highest BCUT2D eigenvalue weighted by molar-refractivity contribution is 5.95. The summed E-state index contributed by atoms with van der Waals surface area (Å²) in [5.41, 5.74) is 6.13. The van der Waals surface area contributed by atoms with Gasteiger partial charge >= 0.3 is 0 Å². The number of hydrogen-bond donors (Lipinski definition) is 2. The smallest absolute Gasteiger partial charge is 0.129 e. The average Bonchev–Trinajstić information content (AvgIpc) is 2.20. The van der Waals surface area contributed by atoms with Crippen LogP contribution in [0, 0.1) is 5.41 Å². The van der Waals surface area contributed by atoms with Crippen molar-refractivity contribution in [1.82, 2.24) is 4.98 Å². The summed E-state index contributed by atoms with van der Waals surface area (Å²) in [6.45, 7) is 5.97. The van der Waals surface area contributed by atoms with Crippen LogP contribution >= 0.6 is 0 Å². The molecule has 0 aliphatic carbocycles. The number of aromatic nitrogens is 1. The second-order valence-corrected chi connectivity index (χ2v) is 2.99. The third-order valence-electron chi connectivity index (χ3n) is 2.14. The first-order valence-corrected chi connectivity index (χ1v) is 4.74. The highest BCUT2D eigenvalue weighted by Gasteiger charge is 2.04. The molecule has 0 radical (unpaired) electrons. The van der Waals surface area contributed by atoms with Gasteiger partial charge in [-0.3, -0.25) is 5.41 Å². The Bertz CT molecular complexity index is 318. The minimum atomic E-state index is 0.0841. The molecule has 1 heterocycles. The lowest BCUT2D eigenvalue weighted by molar-refractivity contribution is 0.846. The first-order valence-electron chi connectivity index (χ1n) is 4.74. The summed E-state index contributed by atoms with van der Waals surface area (Å²) in [6, 6.07) is 3.59. The second-order valence-electron chi connectivity index (χ2n) is 2.99. The summed E-state index contributed by atoms with van der Waals surface area (Å²) >= 11 is 0. The Kier molecular flexibility index (Phi) is 3.45. The van der Waals surface area contributed by atoms with Crippen molar-refractivity contribution < 1.29 is 0 Å². The number of nitrogens with one attached hydrogen (secondary N) is 1. The van der Waals surface area contributed by atoms with Crippen LogP contribution in [0.2, 0.25) is 0 Å². The standard InChI is InChI=1S/C10H16N4/c1-3-14(4-2)9-7-8(10(11)12)5-6-13-9/h5-7H,3-4H2,1-2H3,(H3,11,12). The zero-order valence-electron chi connectivity index (χ0n) is 8.62. The maximum Gasteiger partial charge on any atom is 0.129 e. The molecule has 1 rings (SSSR count). The van der Waals surface area contributed by atoms with Crippen molar-refractivity contribution in [3.63, 3.8) is 0 Å². The molecule has 0 aliphatic heterocycles.